The van der Waals surface area contributed by atoms with Gasteiger partial charge in [-0.3, -0.25) is 0 Å². The maximum atomic E-state index is 14.0. The molecule has 0 bridgehead atoms. The van der Waals surface area contributed by atoms with Crippen molar-refractivity contribution in [3.63, 3.8) is 0 Å². The number of carbonyl (C=O) groups is 2. The first-order chi connectivity index (χ1) is 15.9. The summed E-state index contributed by atoms with van der Waals surface area (Å²) < 4.78 is 30.7. The number of halogens is 2. The highest BCUT2D eigenvalue weighted by Gasteiger charge is 2.26. The van der Waals surface area contributed by atoms with Gasteiger partial charge in [0.25, 0.3) is 0 Å². The largest absolute Gasteiger partial charge is 0.493 e. The molecule has 6 nitrogen and oxygen atoms in total. The molecule has 8 heteroatoms. The fourth-order valence-corrected chi connectivity index (χ4v) is 3.90. The molecule has 3 aromatic rings. The van der Waals surface area contributed by atoms with Gasteiger partial charge in [0.15, 0.2) is 17.2 Å². The summed E-state index contributed by atoms with van der Waals surface area (Å²) in [7, 11) is 1.45. The highest BCUT2D eigenvalue weighted by Crippen LogP contribution is 2.35. The topological polar surface area (TPSA) is 74.2 Å². The summed E-state index contributed by atoms with van der Waals surface area (Å²) in [5.41, 5.74) is 2.03. The molecule has 0 fully saturated rings. The zero-order valence-corrected chi connectivity index (χ0v) is 19.8. The van der Waals surface area contributed by atoms with Crippen LogP contribution in [0.5, 0.6) is 11.5 Å². The molecule has 1 aliphatic rings. The zero-order chi connectivity index (χ0) is 23.5. The Hall–Kier alpha value is -3.53. The van der Waals surface area contributed by atoms with Gasteiger partial charge in [-0.1, -0.05) is 29.8 Å². The highest BCUT2D eigenvalue weighted by atomic mass is 127. The van der Waals surface area contributed by atoms with Crippen molar-refractivity contribution in [1.29, 1.82) is 0 Å². The first kappa shape index (κ1) is 22.7. The monoisotopic (exact) mass is 557 g/mol. The lowest BCUT2D eigenvalue weighted by atomic mass is 10.1. The Labute approximate surface area is 202 Å². The van der Waals surface area contributed by atoms with Crippen LogP contribution in [0.1, 0.15) is 27.0 Å². The molecule has 0 saturated carbocycles. The minimum Gasteiger partial charge on any atom is -0.493 e. The molecule has 0 radical (unpaired) electrons. The number of carbonyl (C=O) groups excluding carboxylic acids is 2. The average Bonchev–Trinajstić information content (AvgIpc) is 3.15. The van der Waals surface area contributed by atoms with Crippen molar-refractivity contribution in [2.24, 2.45) is 4.99 Å². The van der Waals surface area contributed by atoms with E-state index in [1.165, 1.54) is 31.4 Å². The van der Waals surface area contributed by atoms with Gasteiger partial charge in [-0.2, -0.15) is 0 Å². The summed E-state index contributed by atoms with van der Waals surface area (Å²) in [6.07, 6.45) is 1.49. The van der Waals surface area contributed by atoms with Crippen molar-refractivity contribution in [3.8, 4) is 11.5 Å². The summed E-state index contributed by atoms with van der Waals surface area (Å²) >= 11 is 2.02. The van der Waals surface area contributed by atoms with Gasteiger partial charge in [0.05, 0.1) is 21.8 Å². The predicted octanol–water partition coefficient (Wildman–Crippen LogP) is 5.31. The number of hydrogen-bond donors (Lipinski definition) is 0. The lowest BCUT2D eigenvalue weighted by Crippen LogP contribution is -2.10. The van der Waals surface area contributed by atoms with E-state index in [1.807, 2.05) is 35.6 Å². The summed E-state index contributed by atoms with van der Waals surface area (Å²) in [6, 6.07) is 16.3. The fourth-order valence-electron chi connectivity index (χ4n) is 3.16. The fraction of sp³-hybridized carbons (Fsp3) is 0.0800. The molecule has 4 rings (SSSR count). The number of aliphatic imine (C=N–C) groups is 1. The molecule has 166 valence electrons. The van der Waals surface area contributed by atoms with Crippen LogP contribution in [-0.4, -0.2) is 24.9 Å². The first-order valence-corrected chi connectivity index (χ1v) is 10.9. The van der Waals surface area contributed by atoms with E-state index in [0.717, 1.165) is 5.56 Å². The Morgan fingerprint density at radius 2 is 1.91 bits per heavy atom. The van der Waals surface area contributed by atoms with Crippen molar-refractivity contribution >= 4 is 46.5 Å². The van der Waals surface area contributed by atoms with E-state index in [4.69, 9.17) is 14.2 Å². The summed E-state index contributed by atoms with van der Waals surface area (Å²) in [6.45, 7) is 1.89. The summed E-state index contributed by atoms with van der Waals surface area (Å²) in [5.74, 6) is -1.29. The van der Waals surface area contributed by atoms with Crippen molar-refractivity contribution in [2.45, 2.75) is 6.92 Å². The Bertz CT molecular complexity index is 1330. The van der Waals surface area contributed by atoms with Crippen molar-refractivity contribution in [3.05, 3.63) is 98.0 Å². The minimum atomic E-state index is -0.697. The van der Waals surface area contributed by atoms with Gasteiger partial charge in [0.2, 0.25) is 5.90 Å². The van der Waals surface area contributed by atoms with E-state index in [1.54, 1.807) is 36.4 Å². The Kier molecular flexibility index (Phi) is 6.55. The number of benzene rings is 3. The maximum absolute atomic E-state index is 14.0. The van der Waals surface area contributed by atoms with Crippen molar-refractivity contribution in [2.75, 3.05) is 7.11 Å². The molecule has 0 atom stereocenters. The molecule has 0 aliphatic carbocycles. The third-order valence-electron chi connectivity index (χ3n) is 4.73. The molecule has 0 N–H and O–H groups in total. The Morgan fingerprint density at radius 3 is 2.64 bits per heavy atom. The zero-order valence-electron chi connectivity index (χ0n) is 17.6. The predicted molar refractivity (Wildman–Crippen MR) is 129 cm³/mol. The number of methoxy groups -OCH3 is 1. The minimum absolute atomic E-state index is 0.00983. The molecule has 0 amide bonds. The first-order valence-electron chi connectivity index (χ1n) is 9.79. The molecule has 1 heterocycles. The molecule has 1 aliphatic heterocycles. The number of rotatable bonds is 5. The molecule has 0 spiro atoms. The van der Waals surface area contributed by atoms with Crippen molar-refractivity contribution in [1.82, 2.24) is 0 Å². The van der Waals surface area contributed by atoms with Crippen LogP contribution in [0.4, 0.5) is 4.39 Å². The van der Waals surface area contributed by atoms with Gasteiger partial charge >= 0.3 is 11.9 Å². The number of aryl methyl sites for hydroxylation is 1. The molecular formula is C25H17FINO5. The Balaban J connectivity index is 1.64. The number of cyclic esters (lactones) is 1. The van der Waals surface area contributed by atoms with E-state index in [0.29, 0.717) is 20.4 Å². The van der Waals surface area contributed by atoms with E-state index in [-0.39, 0.29) is 22.9 Å². The second kappa shape index (κ2) is 9.53. The highest BCUT2D eigenvalue weighted by molar-refractivity contribution is 14.1. The van der Waals surface area contributed by atoms with E-state index in [9.17, 15) is 14.0 Å². The number of nitrogens with zero attached hydrogens (tertiary/aromatic N) is 1. The van der Waals surface area contributed by atoms with E-state index in [2.05, 4.69) is 4.99 Å². The summed E-state index contributed by atoms with van der Waals surface area (Å²) in [5, 5.41) is 0. The lowest BCUT2D eigenvalue weighted by Gasteiger charge is -2.12. The maximum Gasteiger partial charge on any atom is 0.363 e. The van der Waals surface area contributed by atoms with Crippen LogP contribution >= 0.6 is 22.6 Å². The second-order valence-corrected chi connectivity index (χ2v) is 8.27. The molecule has 33 heavy (non-hydrogen) atoms. The third-order valence-corrected chi connectivity index (χ3v) is 5.53. The second-order valence-electron chi connectivity index (χ2n) is 7.11. The van der Waals surface area contributed by atoms with Crippen LogP contribution < -0.4 is 9.47 Å². The molecule has 0 unspecified atom stereocenters. The third kappa shape index (κ3) is 4.95. The van der Waals surface area contributed by atoms with Crippen LogP contribution in [0, 0.1) is 16.3 Å². The quantitative estimate of drug-likeness (QED) is 0.184. The summed E-state index contributed by atoms with van der Waals surface area (Å²) in [4.78, 5) is 29.0. The SMILES string of the molecule is COc1cc(/C=C2\N=C(c3ccccc3F)OC2=O)cc(I)c1OC(=O)c1cccc(C)c1. The normalized spacial score (nSPS) is 14.1. The number of hydrogen-bond acceptors (Lipinski definition) is 6. The standard InChI is InChI=1S/C25H17FINO5/c1-14-6-5-7-16(10-14)24(29)32-22-19(27)11-15(13-21(22)31-2)12-20-25(30)33-23(28-20)17-8-3-4-9-18(17)26/h3-13H,1-2H3/b20-12-. The molecule has 0 saturated heterocycles. The van der Waals surface area contributed by atoms with Gasteiger partial charge in [0, 0.05) is 0 Å². The van der Waals surface area contributed by atoms with E-state index < -0.39 is 17.8 Å². The number of ether oxygens (including phenoxy) is 3. The van der Waals surface area contributed by atoms with Gasteiger partial charge in [-0.25, -0.2) is 19.0 Å². The smallest absolute Gasteiger partial charge is 0.363 e. The van der Waals surface area contributed by atoms with Crippen LogP contribution in [0.25, 0.3) is 6.08 Å². The molecule has 3 aromatic carbocycles. The van der Waals surface area contributed by atoms with Crippen LogP contribution in [-0.2, 0) is 9.53 Å². The van der Waals surface area contributed by atoms with Gasteiger partial charge < -0.3 is 14.2 Å². The molecular weight excluding hydrogens is 540 g/mol. The van der Waals surface area contributed by atoms with Crippen LogP contribution in [0.2, 0.25) is 0 Å². The van der Waals surface area contributed by atoms with E-state index >= 15 is 0 Å². The lowest BCUT2D eigenvalue weighted by molar-refractivity contribution is -0.129. The Morgan fingerprint density at radius 1 is 1.12 bits per heavy atom. The number of esters is 2. The molecule has 0 aromatic heterocycles. The van der Waals surface area contributed by atoms with Gasteiger partial charge in [-0.15, -0.1) is 0 Å². The van der Waals surface area contributed by atoms with Crippen LogP contribution in [0.15, 0.2) is 71.4 Å². The van der Waals surface area contributed by atoms with Crippen LogP contribution in [0.3, 0.4) is 0 Å². The van der Waals surface area contributed by atoms with Gasteiger partial charge in [0.1, 0.15) is 5.82 Å². The van der Waals surface area contributed by atoms with Crippen molar-refractivity contribution < 1.29 is 28.2 Å². The van der Waals surface area contributed by atoms with Gasteiger partial charge in [-0.05, 0) is 77.6 Å². The average molecular weight is 557 g/mol.